The Labute approximate surface area is 117 Å². The van der Waals surface area contributed by atoms with Gasteiger partial charge in [0, 0.05) is 24.5 Å². The Morgan fingerprint density at radius 3 is 2.84 bits per heavy atom. The molecule has 0 N–H and O–H groups in total. The summed E-state index contributed by atoms with van der Waals surface area (Å²) in [5.41, 5.74) is 0.0843. The molecule has 1 heterocycles. The van der Waals surface area contributed by atoms with Crippen molar-refractivity contribution in [1.82, 2.24) is 4.90 Å². The average molecular weight is 286 g/mol. The molecular weight excluding hydrogens is 269 g/mol. The van der Waals surface area contributed by atoms with E-state index in [0.717, 1.165) is 6.42 Å². The van der Waals surface area contributed by atoms with Crippen molar-refractivity contribution in [2.45, 2.75) is 18.7 Å². The number of carbonyl (C=O) groups is 1. The number of alkyl halides is 1. The maximum Gasteiger partial charge on any atom is 0.256 e. The van der Waals surface area contributed by atoms with Crippen molar-refractivity contribution in [2.24, 2.45) is 5.92 Å². The van der Waals surface area contributed by atoms with E-state index >= 15 is 0 Å². The molecule has 0 spiro atoms. The van der Waals surface area contributed by atoms with Crippen molar-refractivity contribution in [1.29, 1.82) is 0 Å². The van der Waals surface area contributed by atoms with Gasteiger partial charge in [0.25, 0.3) is 5.91 Å². The van der Waals surface area contributed by atoms with Crippen LogP contribution in [-0.4, -0.2) is 36.4 Å². The lowest BCUT2D eigenvalue weighted by Gasteiger charge is -2.34. The lowest BCUT2D eigenvalue weighted by molar-refractivity contribution is 0.0682. The largest absolute Gasteiger partial charge is 0.497 e. The van der Waals surface area contributed by atoms with Gasteiger partial charge in [-0.1, -0.05) is 6.92 Å². The summed E-state index contributed by atoms with van der Waals surface area (Å²) in [5, 5.41) is 0.0877. The summed E-state index contributed by atoms with van der Waals surface area (Å²) < 4.78 is 18.8. The minimum absolute atomic E-state index is 0.0843. The molecule has 0 aromatic heterocycles. The molecule has 19 heavy (non-hydrogen) atoms. The maximum absolute atomic E-state index is 13.9. The van der Waals surface area contributed by atoms with Crippen LogP contribution in [0, 0.1) is 11.7 Å². The van der Waals surface area contributed by atoms with E-state index in [-0.39, 0.29) is 22.8 Å². The fraction of sp³-hybridized carbons (Fsp3) is 0.500. The van der Waals surface area contributed by atoms with Crippen molar-refractivity contribution in [2.75, 3.05) is 20.2 Å². The van der Waals surface area contributed by atoms with Gasteiger partial charge in [-0.05, 0) is 24.5 Å². The first-order chi connectivity index (χ1) is 9.02. The van der Waals surface area contributed by atoms with Crippen molar-refractivity contribution in [3.8, 4) is 5.75 Å². The van der Waals surface area contributed by atoms with E-state index in [2.05, 4.69) is 0 Å². The molecule has 0 aliphatic carbocycles. The normalized spacial score (nSPS) is 23.3. The average Bonchev–Trinajstić information content (AvgIpc) is 2.41. The third-order valence-electron chi connectivity index (χ3n) is 3.49. The van der Waals surface area contributed by atoms with Crippen LogP contribution in [0.2, 0.25) is 0 Å². The van der Waals surface area contributed by atoms with Crippen molar-refractivity contribution >= 4 is 17.5 Å². The van der Waals surface area contributed by atoms with Crippen LogP contribution < -0.4 is 4.74 Å². The minimum Gasteiger partial charge on any atom is -0.497 e. The number of likely N-dealkylation sites (tertiary alicyclic amines) is 1. The summed E-state index contributed by atoms with van der Waals surface area (Å²) in [6, 6.07) is 4.28. The molecule has 2 unspecified atom stereocenters. The summed E-state index contributed by atoms with van der Waals surface area (Å²) in [5.74, 6) is -0.205. The molecule has 1 saturated heterocycles. The number of hydrogen-bond acceptors (Lipinski definition) is 2. The molecule has 0 saturated carbocycles. The smallest absolute Gasteiger partial charge is 0.256 e. The summed E-state index contributed by atoms with van der Waals surface area (Å²) in [6.07, 6.45) is 0.742. The van der Waals surface area contributed by atoms with E-state index in [0.29, 0.717) is 18.8 Å². The Hall–Kier alpha value is -1.29. The minimum atomic E-state index is -0.551. The second-order valence-electron chi connectivity index (χ2n) is 4.88. The molecule has 1 amide bonds. The first kappa shape index (κ1) is 14.1. The van der Waals surface area contributed by atoms with Crippen molar-refractivity contribution in [3.63, 3.8) is 0 Å². The highest BCUT2D eigenvalue weighted by Crippen LogP contribution is 2.24. The third-order valence-corrected chi connectivity index (χ3v) is 4.14. The lowest BCUT2D eigenvalue weighted by atomic mass is 9.99. The van der Waals surface area contributed by atoms with Gasteiger partial charge in [0.1, 0.15) is 11.6 Å². The van der Waals surface area contributed by atoms with Crippen molar-refractivity contribution < 1.29 is 13.9 Å². The zero-order chi connectivity index (χ0) is 14.0. The van der Waals surface area contributed by atoms with Crippen molar-refractivity contribution in [3.05, 3.63) is 29.6 Å². The molecule has 2 atom stereocenters. The Bertz CT molecular complexity index is 481. The number of methoxy groups -OCH3 is 1. The van der Waals surface area contributed by atoms with E-state index in [1.54, 1.807) is 11.0 Å². The molecule has 1 aliphatic heterocycles. The summed E-state index contributed by atoms with van der Waals surface area (Å²) >= 11 is 6.13. The molecule has 1 aromatic rings. The van der Waals surface area contributed by atoms with Crippen LogP contribution in [0.5, 0.6) is 5.75 Å². The first-order valence-electron chi connectivity index (χ1n) is 6.29. The van der Waals surface area contributed by atoms with Gasteiger partial charge >= 0.3 is 0 Å². The predicted octanol–water partition coefficient (Wildman–Crippen LogP) is 2.92. The molecule has 104 valence electrons. The molecule has 1 aliphatic rings. The number of rotatable bonds is 2. The molecule has 5 heteroatoms. The summed E-state index contributed by atoms with van der Waals surface area (Å²) in [4.78, 5) is 13.9. The van der Waals surface area contributed by atoms with E-state index in [9.17, 15) is 9.18 Å². The lowest BCUT2D eigenvalue weighted by Crippen LogP contribution is -2.43. The van der Waals surface area contributed by atoms with Gasteiger partial charge in [0.05, 0.1) is 12.7 Å². The van der Waals surface area contributed by atoms with Crippen LogP contribution in [0.25, 0.3) is 0 Å². The number of nitrogens with zero attached hydrogens (tertiary/aromatic N) is 1. The maximum atomic E-state index is 13.9. The molecule has 0 radical (unpaired) electrons. The highest BCUT2D eigenvalue weighted by Gasteiger charge is 2.28. The molecule has 1 aromatic carbocycles. The fourth-order valence-electron chi connectivity index (χ4n) is 2.27. The Balaban J connectivity index is 2.16. The van der Waals surface area contributed by atoms with Gasteiger partial charge in [-0.2, -0.15) is 0 Å². The quantitative estimate of drug-likeness (QED) is 0.782. The number of benzene rings is 1. The van der Waals surface area contributed by atoms with Gasteiger partial charge in [-0.15, -0.1) is 11.6 Å². The molecule has 2 rings (SSSR count). The van der Waals surface area contributed by atoms with Gasteiger partial charge in [-0.25, -0.2) is 4.39 Å². The Morgan fingerprint density at radius 1 is 1.53 bits per heavy atom. The Morgan fingerprint density at radius 2 is 2.26 bits per heavy atom. The topological polar surface area (TPSA) is 29.5 Å². The standard InChI is InChI=1S/C14H17ClFNO2/c1-9-8-17(6-5-12(9)15)14(18)11-4-3-10(19-2)7-13(11)16/h3-4,7,9,12H,5-6,8H2,1-2H3. The second kappa shape index (κ2) is 5.78. The van der Waals surface area contributed by atoms with Gasteiger partial charge in [0.2, 0.25) is 0 Å². The second-order valence-corrected chi connectivity index (χ2v) is 5.44. The zero-order valence-corrected chi connectivity index (χ0v) is 11.8. The SMILES string of the molecule is COc1ccc(C(=O)N2CCC(Cl)C(C)C2)c(F)c1. The highest BCUT2D eigenvalue weighted by molar-refractivity contribution is 6.20. The number of hydrogen-bond donors (Lipinski definition) is 0. The number of amides is 1. The number of piperidine rings is 1. The number of carbonyl (C=O) groups excluding carboxylic acids is 1. The Kier molecular flexibility index (Phi) is 4.30. The number of ether oxygens (including phenoxy) is 1. The summed E-state index contributed by atoms with van der Waals surface area (Å²) in [7, 11) is 1.46. The van der Waals surface area contributed by atoms with Crippen LogP contribution >= 0.6 is 11.6 Å². The van der Waals surface area contributed by atoms with Crippen LogP contribution in [-0.2, 0) is 0 Å². The third kappa shape index (κ3) is 3.00. The van der Waals surface area contributed by atoms with E-state index in [1.807, 2.05) is 6.92 Å². The molecule has 0 bridgehead atoms. The molecule has 1 fully saturated rings. The van der Waals surface area contributed by atoms with Gasteiger partial charge in [-0.3, -0.25) is 4.79 Å². The van der Waals surface area contributed by atoms with Crippen LogP contribution in [0.15, 0.2) is 18.2 Å². The first-order valence-corrected chi connectivity index (χ1v) is 6.73. The predicted molar refractivity (Wildman–Crippen MR) is 72.3 cm³/mol. The summed E-state index contributed by atoms with van der Waals surface area (Å²) in [6.45, 7) is 3.14. The highest BCUT2D eigenvalue weighted by atomic mass is 35.5. The van der Waals surface area contributed by atoms with Gasteiger partial charge in [0.15, 0.2) is 0 Å². The van der Waals surface area contributed by atoms with Crippen LogP contribution in [0.4, 0.5) is 4.39 Å². The monoisotopic (exact) mass is 285 g/mol. The van der Waals surface area contributed by atoms with Gasteiger partial charge < -0.3 is 9.64 Å². The zero-order valence-electron chi connectivity index (χ0n) is 11.0. The molecule has 3 nitrogen and oxygen atoms in total. The van der Waals surface area contributed by atoms with E-state index < -0.39 is 5.82 Å². The fourth-order valence-corrected chi connectivity index (χ4v) is 2.45. The molecular formula is C14H17ClFNO2. The number of halogens is 2. The van der Waals surface area contributed by atoms with E-state index in [1.165, 1.54) is 19.2 Å². The van der Waals surface area contributed by atoms with Crippen LogP contribution in [0.3, 0.4) is 0 Å². The van der Waals surface area contributed by atoms with E-state index in [4.69, 9.17) is 16.3 Å². The van der Waals surface area contributed by atoms with Crippen LogP contribution in [0.1, 0.15) is 23.7 Å².